The molecule has 0 bridgehead atoms. The summed E-state index contributed by atoms with van der Waals surface area (Å²) in [5, 5.41) is 3.49. The largest absolute Gasteiger partial charge is 0.331 e. The Bertz CT molecular complexity index is 707. The van der Waals surface area contributed by atoms with E-state index in [1.54, 1.807) is 30.3 Å². The molecule has 0 radical (unpaired) electrons. The van der Waals surface area contributed by atoms with Crippen LogP contribution in [0.3, 0.4) is 0 Å². The zero-order valence-corrected chi connectivity index (χ0v) is 13.2. The summed E-state index contributed by atoms with van der Waals surface area (Å²) in [6.45, 7) is -0.127. The van der Waals surface area contributed by atoms with E-state index in [4.69, 9.17) is 23.2 Å². The summed E-state index contributed by atoms with van der Waals surface area (Å²) in [5.41, 5.74) is 0.677. The standard InChI is InChI=1S/C15H13Cl2N3O2/c1-20(15(22)13-8-10(16)6-7-18-13)9-14(21)19-12-5-3-2-4-11(12)17/h2-8H,9H2,1H3,(H,19,21). The van der Waals surface area contributed by atoms with Gasteiger partial charge in [0.15, 0.2) is 0 Å². The van der Waals surface area contributed by atoms with Crippen molar-refractivity contribution in [2.75, 3.05) is 18.9 Å². The van der Waals surface area contributed by atoms with Crippen molar-refractivity contribution in [2.24, 2.45) is 0 Å². The highest BCUT2D eigenvalue weighted by Gasteiger charge is 2.17. The monoisotopic (exact) mass is 337 g/mol. The van der Waals surface area contributed by atoms with Crippen LogP contribution in [-0.4, -0.2) is 35.3 Å². The average molecular weight is 338 g/mol. The van der Waals surface area contributed by atoms with E-state index in [2.05, 4.69) is 10.3 Å². The van der Waals surface area contributed by atoms with Gasteiger partial charge in [0.05, 0.1) is 17.3 Å². The van der Waals surface area contributed by atoms with Gasteiger partial charge in [-0.15, -0.1) is 0 Å². The zero-order valence-electron chi connectivity index (χ0n) is 11.7. The van der Waals surface area contributed by atoms with E-state index in [-0.39, 0.29) is 18.1 Å². The number of halogens is 2. The van der Waals surface area contributed by atoms with Gasteiger partial charge >= 0.3 is 0 Å². The second-order valence-electron chi connectivity index (χ2n) is 4.55. The number of anilines is 1. The number of hydrogen-bond donors (Lipinski definition) is 1. The number of carbonyl (C=O) groups is 2. The molecule has 1 aromatic carbocycles. The number of amides is 2. The Morgan fingerprint density at radius 1 is 1.23 bits per heavy atom. The fourth-order valence-corrected chi connectivity index (χ4v) is 2.10. The number of nitrogens with one attached hydrogen (secondary N) is 1. The molecule has 0 atom stereocenters. The lowest BCUT2D eigenvalue weighted by Crippen LogP contribution is -2.35. The van der Waals surface area contributed by atoms with Crippen LogP contribution < -0.4 is 5.32 Å². The number of nitrogens with zero attached hydrogens (tertiary/aromatic N) is 2. The molecule has 114 valence electrons. The number of hydrogen-bond acceptors (Lipinski definition) is 3. The summed E-state index contributed by atoms with van der Waals surface area (Å²) in [4.78, 5) is 29.3. The third-order valence-electron chi connectivity index (χ3n) is 2.82. The molecule has 0 unspecified atom stereocenters. The lowest BCUT2D eigenvalue weighted by molar-refractivity contribution is -0.116. The van der Waals surface area contributed by atoms with Gasteiger partial charge in [-0.1, -0.05) is 35.3 Å². The van der Waals surface area contributed by atoms with Crippen LogP contribution >= 0.6 is 23.2 Å². The molecule has 1 N–H and O–H groups in total. The molecular formula is C15H13Cl2N3O2. The molecule has 0 spiro atoms. The molecule has 2 amide bonds. The van der Waals surface area contributed by atoms with E-state index in [0.29, 0.717) is 15.7 Å². The third kappa shape index (κ3) is 4.19. The summed E-state index contributed by atoms with van der Waals surface area (Å²) in [6.07, 6.45) is 1.44. The van der Waals surface area contributed by atoms with Crippen LogP contribution in [0.15, 0.2) is 42.6 Å². The fraction of sp³-hybridized carbons (Fsp3) is 0.133. The molecule has 0 aliphatic heterocycles. The SMILES string of the molecule is CN(CC(=O)Nc1ccccc1Cl)C(=O)c1cc(Cl)ccn1. The van der Waals surface area contributed by atoms with Gasteiger partial charge in [-0.3, -0.25) is 14.6 Å². The molecule has 22 heavy (non-hydrogen) atoms. The Labute approximate surface area is 137 Å². The number of carbonyl (C=O) groups excluding carboxylic acids is 2. The van der Waals surface area contributed by atoms with Crippen LogP contribution in [0.1, 0.15) is 10.5 Å². The highest BCUT2D eigenvalue weighted by Crippen LogP contribution is 2.20. The molecule has 1 aromatic heterocycles. The van der Waals surface area contributed by atoms with Crippen LogP contribution in [0.5, 0.6) is 0 Å². The van der Waals surface area contributed by atoms with E-state index < -0.39 is 5.91 Å². The molecule has 7 heteroatoms. The van der Waals surface area contributed by atoms with Crippen molar-refractivity contribution in [1.29, 1.82) is 0 Å². The smallest absolute Gasteiger partial charge is 0.272 e. The molecule has 0 aliphatic carbocycles. The number of aromatic nitrogens is 1. The maximum Gasteiger partial charge on any atom is 0.272 e. The Morgan fingerprint density at radius 3 is 2.64 bits per heavy atom. The van der Waals surface area contributed by atoms with Gasteiger partial charge in [0.1, 0.15) is 5.69 Å². The Kier molecular flexibility index (Phi) is 5.35. The van der Waals surface area contributed by atoms with Crippen molar-refractivity contribution in [1.82, 2.24) is 9.88 Å². The van der Waals surface area contributed by atoms with E-state index in [1.807, 2.05) is 0 Å². The van der Waals surface area contributed by atoms with Crippen LogP contribution in [0.4, 0.5) is 5.69 Å². The third-order valence-corrected chi connectivity index (χ3v) is 3.38. The minimum absolute atomic E-state index is 0.127. The molecule has 0 saturated heterocycles. The van der Waals surface area contributed by atoms with Crippen molar-refractivity contribution in [3.05, 3.63) is 58.3 Å². The second kappa shape index (κ2) is 7.24. The van der Waals surface area contributed by atoms with Gasteiger partial charge in [-0.25, -0.2) is 0 Å². The lowest BCUT2D eigenvalue weighted by atomic mass is 10.3. The average Bonchev–Trinajstić information content (AvgIpc) is 2.48. The quantitative estimate of drug-likeness (QED) is 0.932. The Morgan fingerprint density at radius 2 is 1.95 bits per heavy atom. The predicted octanol–water partition coefficient (Wildman–Crippen LogP) is 3.10. The van der Waals surface area contributed by atoms with Gasteiger partial charge in [0.2, 0.25) is 5.91 Å². The minimum Gasteiger partial charge on any atom is -0.331 e. The van der Waals surface area contributed by atoms with Gasteiger partial charge < -0.3 is 10.2 Å². The summed E-state index contributed by atoms with van der Waals surface area (Å²) < 4.78 is 0. The molecule has 2 rings (SSSR count). The number of benzene rings is 1. The van der Waals surface area contributed by atoms with E-state index in [9.17, 15) is 9.59 Å². The van der Waals surface area contributed by atoms with Gasteiger partial charge in [-0.2, -0.15) is 0 Å². The number of para-hydroxylation sites is 1. The topological polar surface area (TPSA) is 62.3 Å². The van der Waals surface area contributed by atoms with Crippen LogP contribution in [0.2, 0.25) is 10.0 Å². The van der Waals surface area contributed by atoms with Crippen LogP contribution in [0.25, 0.3) is 0 Å². The molecule has 2 aromatic rings. The molecule has 0 aliphatic rings. The molecule has 5 nitrogen and oxygen atoms in total. The Hall–Kier alpha value is -2.11. The zero-order chi connectivity index (χ0) is 16.1. The number of rotatable bonds is 4. The minimum atomic E-state index is -0.392. The first kappa shape index (κ1) is 16.3. The van der Waals surface area contributed by atoms with Gasteiger partial charge in [0, 0.05) is 18.3 Å². The number of pyridine rings is 1. The fourth-order valence-electron chi connectivity index (χ4n) is 1.76. The highest BCUT2D eigenvalue weighted by atomic mass is 35.5. The van der Waals surface area contributed by atoms with Gasteiger partial charge in [-0.05, 0) is 24.3 Å². The van der Waals surface area contributed by atoms with Crippen molar-refractivity contribution in [2.45, 2.75) is 0 Å². The highest BCUT2D eigenvalue weighted by molar-refractivity contribution is 6.33. The maximum atomic E-state index is 12.2. The lowest BCUT2D eigenvalue weighted by Gasteiger charge is -2.16. The maximum absolute atomic E-state index is 12.2. The van der Waals surface area contributed by atoms with Crippen molar-refractivity contribution < 1.29 is 9.59 Å². The first-order valence-corrected chi connectivity index (χ1v) is 7.14. The summed E-state index contributed by atoms with van der Waals surface area (Å²) in [6, 6.07) is 9.89. The van der Waals surface area contributed by atoms with Crippen LogP contribution in [0, 0.1) is 0 Å². The van der Waals surface area contributed by atoms with Crippen molar-refractivity contribution in [3.8, 4) is 0 Å². The summed E-state index contributed by atoms with van der Waals surface area (Å²) >= 11 is 11.8. The summed E-state index contributed by atoms with van der Waals surface area (Å²) in [7, 11) is 1.51. The van der Waals surface area contributed by atoms with E-state index in [0.717, 1.165) is 0 Å². The van der Waals surface area contributed by atoms with E-state index >= 15 is 0 Å². The number of likely N-dealkylation sites (N-methyl/N-ethyl adjacent to an activating group) is 1. The molecular weight excluding hydrogens is 325 g/mol. The predicted molar refractivity (Wildman–Crippen MR) is 86.3 cm³/mol. The second-order valence-corrected chi connectivity index (χ2v) is 5.39. The first-order chi connectivity index (χ1) is 10.5. The van der Waals surface area contributed by atoms with Crippen molar-refractivity contribution >= 4 is 40.7 Å². The first-order valence-electron chi connectivity index (χ1n) is 6.39. The molecule has 0 saturated carbocycles. The Balaban J connectivity index is 1.99. The normalized spacial score (nSPS) is 10.1. The molecule has 0 fully saturated rings. The summed E-state index contributed by atoms with van der Waals surface area (Å²) in [5.74, 6) is -0.747. The molecule has 1 heterocycles. The van der Waals surface area contributed by atoms with E-state index in [1.165, 1.54) is 24.2 Å². The van der Waals surface area contributed by atoms with Crippen LogP contribution in [-0.2, 0) is 4.79 Å². The van der Waals surface area contributed by atoms with Gasteiger partial charge in [0.25, 0.3) is 5.91 Å². The van der Waals surface area contributed by atoms with Crippen molar-refractivity contribution in [3.63, 3.8) is 0 Å².